The second-order valence-electron chi connectivity index (χ2n) is 17.7. The Hall–Kier alpha value is -6.01. The van der Waals surface area contributed by atoms with E-state index in [0.717, 1.165) is 128 Å². The van der Waals surface area contributed by atoms with Crippen molar-refractivity contribution in [1.82, 2.24) is 0 Å². The maximum atomic E-state index is 12.8. The fourth-order valence-corrected chi connectivity index (χ4v) is 6.64. The molecule has 0 fully saturated rings. The third-order valence-electron chi connectivity index (χ3n) is 10.8. The van der Waals surface area contributed by atoms with Crippen LogP contribution in [-0.4, -0.2) is 37.2 Å². The van der Waals surface area contributed by atoms with Gasteiger partial charge < -0.3 is 14.2 Å². The van der Waals surface area contributed by atoms with Crippen molar-refractivity contribution in [3.63, 3.8) is 0 Å². The lowest BCUT2D eigenvalue weighted by molar-refractivity contribution is -0.166. The van der Waals surface area contributed by atoms with Crippen LogP contribution in [0.25, 0.3) is 0 Å². The van der Waals surface area contributed by atoms with Crippen molar-refractivity contribution < 1.29 is 28.6 Å². The van der Waals surface area contributed by atoms with Gasteiger partial charge in [-0.15, -0.1) is 0 Å². The number of unbranched alkanes of at least 4 members (excludes halogenated alkanes) is 3. The quantitative estimate of drug-likeness (QED) is 0.0261. The summed E-state index contributed by atoms with van der Waals surface area (Å²) in [6.45, 7) is 6.09. The van der Waals surface area contributed by atoms with E-state index in [1.807, 2.05) is 24.3 Å². The van der Waals surface area contributed by atoms with Gasteiger partial charge >= 0.3 is 17.9 Å². The first-order valence-corrected chi connectivity index (χ1v) is 28.6. The fraction of sp³-hybridized carbons (Fsp3) is 0.464. The number of hydrogen-bond acceptors (Lipinski definition) is 6. The number of hydrogen-bond donors (Lipinski definition) is 0. The summed E-state index contributed by atoms with van der Waals surface area (Å²) in [6, 6.07) is 0. The largest absolute Gasteiger partial charge is 0.462 e. The lowest BCUT2D eigenvalue weighted by atomic mass is 10.1. The van der Waals surface area contributed by atoms with E-state index in [-0.39, 0.29) is 38.4 Å². The van der Waals surface area contributed by atoms with Crippen LogP contribution in [0.4, 0.5) is 0 Å². The summed E-state index contributed by atoms with van der Waals surface area (Å²) in [5, 5.41) is 0. The van der Waals surface area contributed by atoms with Crippen LogP contribution in [0.5, 0.6) is 0 Å². The molecule has 0 aliphatic carbocycles. The van der Waals surface area contributed by atoms with Gasteiger partial charge in [-0.25, -0.2) is 0 Å². The van der Waals surface area contributed by atoms with Crippen LogP contribution in [0.3, 0.4) is 0 Å². The van der Waals surface area contributed by atoms with Crippen molar-refractivity contribution in [3.8, 4) is 0 Å². The first kappa shape index (κ1) is 69.0. The Balaban J connectivity index is 4.49. The molecule has 0 spiro atoms. The van der Waals surface area contributed by atoms with Crippen molar-refractivity contribution >= 4 is 17.9 Å². The number of allylic oxidation sites excluding steroid dienone is 34. The maximum absolute atomic E-state index is 12.8. The summed E-state index contributed by atoms with van der Waals surface area (Å²) in [6.07, 6.45) is 94.3. The van der Waals surface area contributed by atoms with Gasteiger partial charge in [0.25, 0.3) is 0 Å². The second kappa shape index (κ2) is 60.5. The lowest BCUT2D eigenvalue weighted by Gasteiger charge is -2.18. The van der Waals surface area contributed by atoms with Crippen LogP contribution in [-0.2, 0) is 28.6 Å². The highest BCUT2D eigenvalue weighted by Gasteiger charge is 2.19. The van der Waals surface area contributed by atoms with Gasteiger partial charge in [0, 0.05) is 19.3 Å². The highest BCUT2D eigenvalue weighted by atomic mass is 16.6. The second-order valence-corrected chi connectivity index (χ2v) is 17.7. The van der Waals surface area contributed by atoms with Gasteiger partial charge in [0.05, 0.1) is 0 Å². The molecule has 0 heterocycles. The number of carbonyl (C=O) groups is 3. The smallest absolute Gasteiger partial charge is 0.306 e. The van der Waals surface area contributed by atoms with Crippen molar-refractivity contribution in [1.29, 1.82) is 0 Å². The molecule has 75 heavy (non-hydrogen) atoms. The Labute approximate surface area is 458 Å². The minimum Gasteiger partial charge on any atom is -0.462 e. The topological polar surface area (TPSA) is 78.9 Å². The Morgan fingerprint density at radius 2 is 0.507 bits per heavy atom. The number of carbonyl (C=O) groups excluding carboxylic acids is 3. The Morgan fingerprint density at radius 3 is 0.800 bits per heavy atom. The van der Waals surface area contributed by atoms with Crippen LogP contribution in [0.1, 0.15) is 188 Å². The average molecular weight is 1030 g/mol. The van der Waals surface area contributed by atoms with Gasteiger partial charge in [0.2, 0.25) is 0 Å². The minimum absolute atomic E-state index is 0.159. The number of esters is 3. The van der Waals surface area contributed by atoms with Gasteiger partial charge in [0.15, 0.2) is 6.10 Å². The Kier molecular flexibility index (Phi) is 55.7. The number of ether oxygens (including phenoxy) is 3. The summed E-state index contributed by atoms with van der Waals surface area (Å²) in [5.74, 6) is -1.17. The number of rotatable bonds is 48. The molecular formula is C69H100O6. The van der Waals surface area contributed by atoms with E-state index in [1.54, 1.807) is 0 Å². The van der Waals surface area contributed by atoms with E-state index in [4.69, 9.17) is 14.2 Å². The third-order valence-corrected chi connectivity index (χ3v) is 10.8. The molecule has 6 heteroatoms. The van der Waals surface area contributed by atoms with Crippen LogP contribution in [0.15, 0.2) is 207 Å². The molecule has 0 amide bonds. The molecule has 0 N–H and O–H groups in total. The normalized spacial score (nSPS) is 13.7. The molecule has 0 saturated heterocycles. The zero-order valence-electron chi connectivity index (χ0n) is 47.0. The third kappa shape index (κ3) is 58.7. The molecular weight excluding hydrogens is 925 g/mol. The van der Waals surface area contributed by atoms with E-state index in [0.29, 0.717) is 19.3 Å². The molecule has 412 valence electrons. The fourth-order valence-electron chi connectivity index (χ4n) is 6.64. The molecule has 0 bridgehead atoms. The molecule has 0 radical (unpaired) electrons. The first-order chi connectivity index (χ1) is 37.0. The zero-order valence-corrected chi connectivity index (χ0v) is 47.0. The molecule has 1 atom stereocenters. The monoisotopic (exact) mass is 1020 g/mol. The molecule has 0 aromatic rings. The highest BCUT2D eigenvalue weighted by Crippen LogP contribution is 2.09. The average Bonchev–Trinajstić information content (AvgIpc) is 3.41. The molecule has 1 unspecified atom stereocenters. The Morgan fingerprint density at radius 1 is 0.267 bits per heavy atom. The van der Waals surface area contributed by atoms with Crippen molar-refractivity contribution in [2.75, 3.05) is 13.2 Å². The minimum atomic E-state index is -0.872. The molecule has 0 aromatic carbocycles. The van der Waals surface area contributed by atoms with Crippen LogP contribution < -0.4 is 0 Å². The highest BCUT2D eigenvalue weighted by molar-refractivity contribution is 5.71. The van der Waals surface area contributed by atoms with Crippen LogP contribution in [0.2, 0.25) is 0 Å². The molecule has 0 aromatic heterocycles. The summed E-state index contributed by atoms with van der Waals surface area (Å²) < 4.78 is 16.6. The van der Waals surface area contributed by atoms with Crippen molar-refractivity contribution in [2.45, 2.75) is 194 Å². The standard InChI is InChI=1S/C69H100O6/c1-4-7-10-13-16-19-22-25-26-27-28-29-30-31-32-33-34-35-36-37-38-39-40-41-42-45-47-50-53-56-59-62-68(71)74-65-66(75-69(72)63-60-57-54-51-48-44-24-21-18-15-12-9-6-3)64-73-67(70)61-58-55-52-49-46-43-23-20-17-14-11-8-5-2/h7-12,16-21,25-26,28-29,31-32,34-35,37-38,40-41,43-48,52,54-55,57,66H,4-6,13-15,22-24,27,30,33,36,39,42,49-51,53,56,58-65H2,1-3H3/b10-7-,11-8-,12-9-,19-16-,20-17-,21-18-,26-25-,29-28-,32-31-,35-34-,38-37-,41-40-,46-43-,47-45-,48-44-,55-52-,57-54-. The van der Waals surface area contributed by atoms with Crippen LogP contribution >= 0.6 is 0 Å². The van der Waals surface area contributed by atoms with Gasteiger partial charge in [0.1, 0.15) is 13.2 Å². The van der Waals surface area contributed by atoms with Gasteiger partial charge in [-0.05, 0) is 141 Å². The summed E-state index contributed by atoms with van der Waals surface area (Å²) in [5.41, 5.74) is 0. The predicted molar refractivity (Wildman–Crippen MR) is 324 cm³/mol. The maximum Gasteiger partial charge on any atom is 0.306 e. The van der Waals surface area contributed by atoms with E-state index in [2.05, 4.69) is 203 Å². The molecule has 6 nitrogen and oxygen atoms in total. The van der Waals surface area contributed by atoms with Crippen LogP contribution in [0, 0.1) is 0 Å². The molecule has 0 aliphatic heterocycles. The van der Waals surface area contributed by atoms with Gasteiger partial charge in [-0.1, -0.05) is 234 Å². The summed E-state index contributed by atoms with van der Waals surface area (Å²) in [4.78, 5) is 38.0. The van der Waals surface area contributed by atoms with Gasteiger partial charge in [-0.3, -0.25) is 14.4 Å². The summed E-state index contributed by atoms with van der Waals surface area (Å²) >= 11 is 0. The van der Waals surface area contributed by atoms with E-state index in [1.165, 1.54) is 0 Å². The molecule has 0 saturated carbocycles. The van der Waals surface area contributed by atoms with Crippen molar-refractivity contribution in [3.05, 3.63) is 207 Å². The summed E-state index contributed by atoms with van der Waals surface area (Å²) in [7, 11) is 0. The zero-order chi connectivity index (χ0) is 54.3. The van der Waals surface area contributed by atoms with Gasteiger partial charge in [-0.2, -0.15) is 0 Å². The van der Waals surface area contributed by atoms with E-state index in [9.17, 15) is 14.4 Å². The molecule has 0 rings (SSSR count). The SMILES string of the molecule is CC/C=C\C/C=C\C/C=C\C/C=C\C/C=C\C/C=C\C/C=C\C/C=C\C/C=C\CCCCCC(=O)OCC(COC(=O)CC/C=C\C/C=C\C/C=C\C/C=C\CC)OC(=O)CC/C=C\C/C=C\C/C=C\C/C=C\CC. The predicted octanol–water partition coefficient (Wildman–Crippen LogP) is 19.6. The van der Waals surface area contributed by atoms with E-state index < -0.39 is 18.0 Å². The van der Waals surface area contributed by atoms with E-state index >= 15 is 0 Å². The van der Waals surface area contributed by atoms with Crippen molar-refractivity contribution in [2.24, 2.45) is 0 Å². The molecule has 0 aliphatic rings. The Bertz CT molecular complexity index is 1900. The first-order valence-electron chi connectivity index (χ1n) is 28.6. The lowest BCUT2D eigenvalue weighted by Crippen LogP contribution is -2.30.